The maximum absolute atomic E-state index is 6.09. The molecule has 0 saturated carbocycles. The van der Waals surface area contributed by atoms with Gasteiger partial charge in [-0.1, -0.05) is 23.2 Å². The Hall–Kier alpha value is 0.940. The first-order valence-corrected chi connectivity index (χ1v) is 9.04. The highest BCUT2D eigenvalue weighted by atomic mass is 127. The van der Waals surface area contributed by atoms with Crippen molar-refractivity contribution in [3.63, 3.8) is 0 Å². The van der Waals surface area contributed by atoms with Crippen LogP contribution in [0.15, 0.2) is 24.4 Å². The number of pyridine rings is 1. The number of rotatable bonds is 3. The second-order valence-corrected chi connectivity index (χ2v) is 7.95. The van der Waals surface area contributed by atoms with E-state index in [0.29, 0.717) is 16.8 Å². The zero-order valence-corrected chi connectivity index (χ0v) is 17.2. The van der Waals surface area contributed by atoms with Crippen LogP contribution in [0, 0.1) is 10.7 Å². The van der Waals surface area contributed by atoms with E-state index in [0.717, 1.165) is 18.5 Å². The molecule has 2 rings (SSSR count). The Morgan fingerprint density at radius 1 is 1.05 bits per heavy atom. The average molecular weight is 632 g/mol. The van der Waals surface area contributed by atoms with E-state index in [1.54, 1.807) is 12.3 Å². The normalized spacial score (nSPS) is 10.6. The smallest absolute Gasteiger partial charge is 0.146 e. The number of hydrogen-bond donors (Lipinski definition) is 0. The third-order valence-corrected chi connectivity index (χ3v) is 5.02. The molecular weight excluding hydrogens is 626 g/mol. The van der Waals surface area contributed by atoms with Gasteiger partial charge in [-0.2, -0.15) is 0 Å². The van der Waals surface area contributed by atoms with Crippen LogP contribution in [0.3, 0.4) is 0 Å². The van der Waals surface area contributed by atoms with Gasteiger partial charge in [0.05, 0.1) is 12.2 Å². The first kappa shape index (κ1) is 16.3. The number of nitrogens with zero attached hydrogens (tertiary/aromatic N) is 1. The van der Waals surface area contributed by atoms with Crippen LogP contribution in [0.4, 0.5) is 0 Å². The van der Waals surface area contributed by atoms with Crippen molar-refractivity contribution < 1.29 is 4.74 Å². The SMILES string of the molecule is Clc1cc(Cl)c(COc2c(I)cc(I)cc2I)cn1. The third kappa shape index (κ3) is 4.45. The van der Waals surface area contributed by atoms with E-state index in [2.05, 4.69) is 84.9 Å². The molecule has 0 amide bonds. The summed E-state index contributed by atoms with van der Waals surface area (Å²) in [6, 6.07) is 5.76. The second-order valence-electron chi connectivity index (χ2n) is 3.59. The minimum Gasteiger partial charge on any atom is -0.487 e. The van der Waals surface area contributed by atoms with Gasteiger partial charge in [0.2, 0.25) is 0 Å². The lowest BCUT2D eigenvalue weighted by Gasteiger charge is -2.11. The number of hydrogen-bond acceptors (Lipinski definition) is 2. The topological polar surface area (TPSA) is 22.1 Å². The molecule has 2 aromatic rings. The van der Waals surface area contributed by atoms with Gasteiger partial charge in [-0.05, 0) is 86.0 Å². The fourth-order valence-corrected chi connectivity index (χ4v) is 5.67. The minimum atomic E-state index is 0.371. The molecule has 19 heavy (non-hydrogen) atoms. The van der Waals surface area contributed by atoms with Gasteiger partial charge in [-0.3, -0.25) is 0 Å². The molecule has 0 N–H and O–H groups in total. The van der Waals surface area contributed by atoms with Crippen LogP contribution < -0.4 is 4.74 Å². The van der Waals surface area contributed by atoms with Crippen LogP contribution >= 0.6 is 91.0 Å². The molecule has 0 aliphatic rings. The summed E-state index contributed by atoms with van der Waals surface area (Å²) in [6.45, 7) is 0.371. The number of ether oxygens (including phenoxy) is 1. The maximum Gasteiger partial charge on any atom is 0.146 e. The summed E-state index contributed by atoms with van der Waals surface area (Å²) < 4.78 is 9.18. The Kier molecular flexibility index (Phi) is 6.25. The van der Waals surface area contributed by atoms with Crippen LogP contribution in [0.1, 0.15) is 5.56 Å². The maximum atomic E-state index is 6.09. The van der Waals surface area contributed by atoms with Crippen molar-refractivity contribution in [3.05, 3.63) is 50.8 Å². The summed E-state index contributed by atoms with van der Waals surface area (Å²) in [5.41, 5.74) is 0.816. The van der Waals surface area contributed by atoms with Crippen LogP contribution in [-0.2, 0) is 6.61 Å². The lowest BCUT2D eigenvalue weighted by atomic mass is 10.3. The van der Waals surface area contributed by atoms with Crippen molar-refractivity contribution >= 4 is 91.0 Å². The third-order valence-electron chi connectivity index (χ3n) is 2.23. The van der Waals surface area contributed by atoms with Crippen molar-refractivity contribution in [2.24, 2.45) is 0 Å². The van der Waals surface area contributed by atoms with Gasteiger partial charge in [-0.15, -0.1) is 0 Å². The lowest BCUT2D eigenvalue weighted by Crippen LogP contribution is -2.00. The summed E-state index contributed by atoms with van der Waals surface area (Å²) in [5, 5.41) is 0.947. The largest absolute Gasteiger partial charge is 0.487 e. The molecule has 0 aliphatic carbocycles. The number of benzene rings is 1. The minimum absolute atomic E-state index is 0.371. The van der Waals surface area contributed by atoms with Crippen molar-refractivity contribution in [1.29, 1.82) is 0 Å². The van der Waals surface area contributed by atoms with E-state index < -0.39 is 0 Å². The molecule has 7 heteroatoms. The van der Waals surface area contributed by atoms with Gasteiger partial charge in [0, 0.05) is 15.3 Å². The Balaban J connectivity index is 2.19. The molecule has 0 radical (unpaired) electrons. The molecule has 0 fully saturated rings. The number of aromatic nitrogens is 1. The highest BCUT2D eigenvalue weighted by Gasteiger charge is 2.10. The Bertz CT molecular complexity index is 599. The van der Waals surface area contributed by atoms with E-state index >= 15 is 0 Å². The van der Waals surface area contributed by atoms with Crippen molar-refractivity contribution in [2.75, 3.05) is 0 Å². The summed E-state index contributed by atoms with van der Waals surface area (Å²) >= 11 is 18.7. The van der Waals surface area contributed by atoms with Gasteiger partial charge in [0.25, 0.3) is 0 Å². The molecule has 0 spiro atoms. The first-order chi connectivity index (χ1) is 8.97. The van der Waals surface area contributed by atoms with Gasteiger partial charge in [-0.25, -0.2) is 4.98 Å². The zero-order valence-electron chi connectivity index (χ0n) is 9.26. The van der Waals surface area contributed by atoms with Crippen LogP contribution in [-0.4, -0.2) is 4.98 Å². The predicted octanol–water partition coefficient (Wildman–Crippen LogP) is 5.78. The Labute approximate surface area is 162 Å². The zero-order chi connectivity index (χ0) is 14.0. The molecule has 1 heterocycles. The lowest BCUT2D eigenvalue weighted by molar-refractivity contribution is 0.301. The van der Waals surface area contributed by atoms with Crippen LogP contribution in [0.2, 0.25) is 10.2 Å². The summed E-state index contributed by atoms with van der Waals surface area (Å²) in [6.07, 6.45) is 1.64. The van der Waals surface area contributed by atoms with Crippen molar-refractivity contribution in [2.45, 2.75) is 6.61 Å². The summed E-state index contributed by atoms with van der Waals surface area (Å²) in [5.74, 6) is 0.868. The van der Waals surface area contributed by atoms with Crippen LogP contribution in [0.5, 0.6) is 5.75 Å². The number of halogens is 5. The predicted molar refractivity (Wildman–Crippen MR) is 103 cm³/mol. The van der Waals surface area contributed by atoms with Gasteiger partial charge < -0.3 is 4.74 Å². The summed E-state index contributed by atoms with van der Waals surface area (Å²) in [7, 11) is 0. The molecule has 0 bridgehead atoms. The quantitative estimate of drug-likeness (QED) is 0.317. The average Bonchev–Trinajstić information content (AvgIpc) is 2.30. The molecule has 2 nitrogen and oxygen atoms in total. The van der Waals surface area contributed by atoms with Crippen LogP contribution in [0.25, 0.3) is 0 Å². The first-order valence-electron chi connectivity index (χ1n) is 5.04. The molecule has 1 aromatic heterocycles. The van der Waals surface area contributed by atoms with E-state index in [9.17, 15) is 0 Å². The molecule has 1 aromatic carbocycles. The second kappa shape index (κ2) is 7.28. The fourth-order valence-electron chi connectivity index (χ4n) is 1.36. The molecule has 0 saturated heterocycles. The molecule has 0 aliphatic heterocycles. The van der Waals surface area contributed by atoms with Gasteiger partial charge in [0.15, 0.2) is 0 Å². The van der Waals surface area contributed by atoms with E-state index in [1.807, 2.05) is 0 Å². The Morgan fingerprint density at radius 2 is 1.68 bits per heavy atom. The Morgan fingerprint density at radius 3 is 2.26 bits per heavy atom. The van der Waals surface area contributed by atoms with E-state index in [1.165, 1.54) is 3.57 Å². The monoisotopic (exact) mass is 631 g/mol. The van der Waals surface area contributed by atoms with E-state index in [-0.39, 0.29) is 0 Å². The highest BCUT2D eigenvalue weighted by Crippen LogP contribution is 2.30. The summed E-state index contributed by atoms with van der Waals surface area (Å²) in [4.78, 5) is 4.01. The molecule has 0 atom stereocenters. The van der Waals surface area contributed by atoms with Gasteiger partial charge in [0.1, 0.15) is 17.5 Å². The van der Waals surface area contributed by atoms with E-state index in [4.69, 9.17) is 27.9 Å². The van der Waals surface area contributed by atoms with Crippen molar-refractivity contribution in [1.82, 2.24) is 4.98 Å². The molecule has 100 valence electrons. The van der Waals surface area contributed by atoms with Crippen molar-refractivity contribution in [3.8, 4) is 5.75 Å². The standard InChI is InChI=1S/C12H6Cl2I3NO/c13-8-3-11(14)18-4-6(8)5-19-12-9(16)1-7(15)2-10(12)17/h1-4H,5H2. The highest BCUT2D eigenvalue weighted by molar-refractivity contribution is 14.1. The molecule has 0 unspecified atom stereocenters. The fraction of sp³-hybridized carbons (Fsp3) is 0.0833. The van der Waals surface area contributed by atoms with Gasteiger partial charge >= 0.3 is 0 Å². The molecular formula is C12H6Cl2I3NO.